The Bertz CT molecular complexity index is 970. The number of ether oxygens (including phenoxy) is 1. The van der Waals surface area contributed by atoms with Crippen molar-refractivity contribution in [2.75, 3.05) is 26.2 Å². The molecule has 1 saturated heterocycles. The van der Waals surface area contributed by atoms with Gasteiger partial charge >= 0.3 is 0 Å². The predicted molar refractivity (Wildman–Crippen MR) is 122 cm³/mol. The fraction of sp³-hybridized carbons (Fsp3) is 0.240. The Morgan fingerprint density at radius 3 is 2.23 bits per heavy atom. The van der Waals surface area contributed by atoms with E-state index in [-0.39, 0.29) is 5.82 Å². The summed E-state index contributed by atoms with van der Waals surface area (Å²) in [5.41, 5.74) is 3.19. The van der Waals surface area contributed by atoms with Crippen LogP contribution in [0.2, 0.25) is 0 Å². The van der Waals surface area contributed by atoms with Crippen molar-refractivity contribution in [3.63, 3.8) is 0 Å². The summed E-state index contributed by atoms with van der Waals surface area (Å²) in [6, 6.07) is 24.9. The Morgan fingerprint density at radius 2 is 1.53 bits per heavy atom. The molecule has 0 bridgehead atoms. The van der Waals surface area contributed by atoms with Gasteiger partial charge < -0.3 is 9.64 Å². The van der Waals surface area contributed by atoms with E-state index < -0.39 is 0 Å². The van der Waals surface area contributed by atoms with Crippen LogP contribution in [0.5, 0.6) is 5.75 Å². The fourth-order valence-electron chi connectivity index (χ4n) is 3.62. The lowest BCUT2D eigenvalue weighted by Gasteiger charge is -2.36. The van der Waals surface area contributed by atoms with E-state index >= 15 is 0 Å². The molecular weight excluding hydrogens is 395 g/mol. The minimum atomic E-state index is -0.249. The van der Waals surface area contributed by atoms with Crippen molar-refractivity contribution in [1.29, 1.82) is 0 Å². The normalized spacial score (nSPS) is 14.5. The molecule has 3 nitrogen and oxygen atoms in total. The van der Waals surface area contributed by atoms with E-state index in [0.717, 1.165) is 54.6 Å². The van der Waals surface area contributed by atoms with Crippen LogP contribution in [-0.4, -0.2) is 41.0 Å². The standard InChI is InChI=1S/C25H25FN2OS/c26-23-8-4-7-21(17-23)19-29-24-11-9-22(10-12-24)25(30)28-15-13-27(14-16-28)18-20-5-2-1-3-6-20/h1-12,17H,13-16,18-19H2. The minimum Gasteiger partial charge on any atom is -0.489 e. The van der Waals surface area contributed by atoms with E-state index in [9.17, 15) is 4.39 Å². The molecule has 30 heavy (non-hydrogen) atoms. The Labute approximate surface area is 182 Å². The van der Waals surface area contributed by atoms with Gasteiger partial charge in [0.25, 0.3) is 0 Å². The van der Waals surface area contributed by atoms with Crippen molar-refractivity contribution in [1.82, 2.24) is 9.80 Å². The topological polar surface area (TPSA) is 15.7 Å². The molecule has 0 N–H and O–H groups in total. The minimum absolute atomic E-state index is 0.249. The van der Waals surface area contributed by atoms with Crippen molar-refractivity contribution in [3.8, 4) is 5.75 Å². The summed E-state index contributed by atoms with van der Waals surface area (Å²) in [4.78, 5) is 5.63. The number of nitrogens with zero attached hydrogens (tertiary/aromatic N) is 2. The summed E-state index contributed by atoms with van der Waals surface area (Å²) < 4.78 is 19.0. The van der Waals surface area contributed by atoms with Gasteiger partial charge in [0.15, 0.2) is 0 Å². The number of benzene rings is 3. The van der Waals surface area contributed by atoms with E-state index in [1.54, 1.807) is 6.07 Å². The van der Waals surface area contributed by atoms with Gasteiger partial charge in [0.1, 0.15) is 23.2 Å². The van der Waals surface area contributed by atoms with Gasteiger partial charge in [0.2, 0.25) is 0 Å². The maximum absolute atomic E-state index is 13.3. The van der Waals surface area contributed by atoms with E-state index in [1.807, 2.05) is 30.3 Å². The molecule has 0 saturated carbocycles. The second kappa shape index (κ2) is 9.83. The lowest BCUT2D eigenvalue weighted by molar-refractivity contribution is 0.177. The molecule has 3 aromatic carbocycles. The highest BCUT2D eigenvalue weighted by atomic mass is 32.1. The molecule has 0 aliphatic carbocycles. The molecule has 1 aliphatic rings. The SMILES string of the molecule is Fc1cccc(COc2ccc(C(=S)N3CCN(Cc4ccccc4)CC3)cc2)c1. The second-order valence-electron chi connectivity index (χ2n) is 7.50. The van der Waals surface area contributed by atoms with Crippen LogP contribution in [0.3, 0.4) is 0 Å². The molecule has 4 rings (SSSR count). The van der Waals surface area contributed by atoms with Crippen LogP contribution in [0.4, 0.5) is 4.39 Å². The molecule has 1 aliphatic heterocycles. The predicted octanol–water partition coefficient (Wildman–Crippen LogP) is 4.90. The molecule has 0 aromatic heterocycles. The summed E-state index contributed by atoms with van der Waals surface area (Å²) in [5.74, 6) is 0.499. The third kappa shape index (κ3) is 5.43. The maximum atomic E-state index is 13.3. The lowest BCUT2D eigenvalue weighted by Crippen LogP contribution is -2.47. The van der Waals surface area contributed by atoms with Gasteiger partial charge in [0.05, 0.1) is 0 Å². The number of piperazine rings is 1. The van der Waals surface area contributed by atoms with Crippen LogP contribution < -0.4 is 4.74 Å². The number of thiocarbonyl (C=S) groups is 1. The highest BCUT2D eigenvalue weighted by Crippen LogP contribution is 2.18. The van der Waals surface area contributed by atoms with Gasteiger partial charge in [-0.15, -0.1) is 0 Å². The molecule has 1 fully saturated rings. The maximum Gasteiger partial charge on any atom is 0.123 e. The Morgan fingerprint density at radius 1 is 0.833 bits per heavy atom. The van der Waals surface area contributed by atoms with E-state index in [0.29, 0.717) is 6.61 Å². The zero-order chi connectivity index (χ0) is 20.8. The lowest BCUT2D eigenvalue weighted by atomic mass is 10.1. The van der Waals surface area contributed by atoms with Crippen LogP contribution in [0.15, 0.2) is 78.9 Å². The van der Waals surface area contributed by atoms with Crippen molar-refractivity contribution in [2.45, 2.75) is 13.2 Å². The first kappa shape index (κ1) is 20.5. The van der Waals surface area contributed by atoms with E-state index in [1.165, 1.54) is 17.7 Å². The van der Waals surface area contributed by atoms with E-state index in [2.05, 4.69) is 40.1 Å². The highest BCUT2D eigenvalue weighted by molar-refractivity contribution is 7.80. The third-order valence-electron chi connectivity index (χ3n) is 5.30. The molecule has 0 spiro atoms. The average molecular weight is 421 g/mol. The molecule has 5 heteroatoms. The highest BCUT2D eigenvalue weighted by Gasteiger charge is 2.19. The summed E-state index contributed by atoms with van der Waals surface area (Å²) in [6.07, 6.45) is 0. The van der Waals surface area contributed by atoms with Crippen LogP contribution >= 0.6 is 12.2 Å². The summed E-state index contributed by atoms with van der Waals surface area (Å²) in [7, 11) is 0. The van der Waals surface area contributed by atoms with Gasteiger partial charge in [-0.25, -0.2) is 4.39 Å². The van der Waals surface area contributed by atoms with Crippen molar-refractivity contribution >= 4 is 17.2 Å². The fourth-order valence-corrected chi connectivity index (χ4v) is 3.94. The molecular formula is C25H25FN2OS. The van der Waals surface area contributed by atoms with Crippen LogP contribution in [0.1, 0.15) is 16.7 Å². The molecule has 154 valence electrons. The van der Waals surface area contributed by atoms with Gasteiger partial charge in [0, 0.05) is 38.3 Å². The van der Waals surface area contributed by atoms with Gasteiger partial charge in [-0.1, -0.05) is 54.7 Å². The van der Waals surface area contributed by atoms with Gasteiger partial charge in [-0.2, -0.15) is 0 Å². The number of halogens is 1. The molecule has 1 heterocycles. The van der Waals surface area contributed by atoms with Crippen molar-refractivity contribution in [3.05, 3.63) is 101 Å². The Hall–Kier alpha value is -2.76. The Balaban J connectivity index is 1.27. The second-order valence-corrected chi connectivity index (χ2v) is 7.88. The Kier molecular flexibility index (Phi) is 6.72. The zero-order valence-electron chi connectivity index (χ0n) is 16.8. The smallest absolute Gasteiger partial charge is 0.123 e. The zero-order valence-corrected chi connectivity index (χ0v) is 17.7. The van der Waals surface area contributed by atoms with Gasteiger partial charge in [-0.05, 0) is 47.5 Å². The quantitative estimate of drug-likeness (QED) is 0.527. The summed E-state index contributed by atoms with van der Waals surface area (Å²) in [5, 5.41) is 0. The van der Waals surface area contributed by atoms with E-state index in [4.69, 9.17) is 17.0 Å². The van der Waals surface area contributed by atoms with Crippen molar-refractivity contribution in [2.24, 2.45) is 0 Å². The third-order valence-corrected chi connectivity index (χ3v) is 5.80. The van der Waals surface area contributed by atoms with Crippen LogP contribution in [-0.2, 0) is 13.2 Å². The largest absolute Gasteiger partial charge is 0.489 e. The number of hydrogen-bond donors (Lipinski definition) is 0. The first-order valence-electron chi connectivity index (χ1n) is 10.2. The first-order chi connectivity index (χ1) is 14.7. The molecule has 0 amide bonds. The van der Waals surface area contributed by atoms with Crippen molar-refractivity contribution < 1.29 is 9.13 Å². The van der Waals surface area contributed by atoms with Crippen LogP contribution in [0, 0.1) is 5.82 Å². The van der Waals surface area contributed by atoms with Crippen LogP contribution in [0.25, 0.3) is 0 Å². The first-order valence-corrected chi connectivity index (χ1v) is 10.6. The average Bonchev–Trinajstić information content (AvgIpc) is 2.79. The summed E-state index contributed by atoms with van der Waals surface area (Å²) >= 11 is 5.73. The summed E-state index contributed by atoms with van der Waals surface area (Å²) in [6.45, 7) is 5.20. The number of hydrogen-bond acceptors (Lipinski definition) is 3. The molecule has 0 radical (unpaired) electrons. The molecule has 3 aromatic rings. The monoisotopic (exact) mass is 420 g/mol. The molecule has 0 atom stereocenters. The number of rotatable bonds is 6. The molecule has 0 unspecified atom stereocenters. The van der Waals surface area contributed by atoms with Gasteiger partial charge in [-0.3, -0.25) is 4.90 Å².